The van der Waals surface area contributed by atoms with Crippen LogP contribution in [0.3, 0.4) is 0 Å². The van der Waals surface area contributed by atoms with Gasteiger partial charge in [0.25, 0.3) is 10.0 Å². The van der Waals surface area contributed by atoms with Gasteiger partial charge in [0.15, 0.2) is 0 Å². The second kappa shape index (κ2) is 5.41. The molecule has 0 aliphatic rings. The zero-order chi connectivity index (χ0) is 14.9. The molecule has 1 aromatic heterocycles. The van der Waals surface area contributed by atoms with Crippen LogP contribution in [0.15, 0.2) is 40.0 Å². The van der Waals surface area contributed by atoms with Crippen LogP contribution in [0.25, 0.3) is 0 Å². The molecule has 2 aromatic rings. The summed E-state index contributed by atoms with van der Waals surface area (Å²) < 4.78 is 65.2. The fraction of sp³-hybridized carbons (Fsp3) is 0. The highest BCUT2D eigenvalue weighted by Crippen LogP contribution is 2.25. The predicted octanol–water partition coefficient (Wildman–Crippen LogP) is 3.06. The number of pyridine rings is 1. The Balaban J connectivity index is 2.41. The molecule has 0 saturated carbocycles. The van der Waals surface area contributed by atoms with Crippen molar-refractivity contribution in [3.05, 3.63) is 52.5 Å². The molecule has 0 unspecified atom stereocenters. The first-order valence-electron chi connectivity index (χ1n) is 5.07. The molecule has 0 aliphatic heterocycles. The number of hydrogen-bond acceptors (Lipinski definition) is 3. The Labute approximate surface area is 120 Å². The maximum atomic E-state index is 13.5. The summed E-state index contributed by atoms with van der Waals surface area (Å²) in [5, 5.41) is 0. The van der Waals surface area contributed by atoms with Crippen molar-refractivity contribution < 1.29 is 21.6 Å². The average molecular weight is 367 g/mol. The molecular formula is C11H6BrF3N2O2S. The van der Waals surface area contributed by atoms with Gasteiger partial charge < -0.3 is 0 Å². The van der Waals surface area contributed by atoms with Gasteiger partial charge in [-0.25, -0.2) is 21.6 Å². The fourth-order valence-electron chi connectivity index (χ4n) is 1.34. The Bertz CT molecular complexity index is 768. The molecule has 20 heavy (non-hydrogen) atoms. The third-order valence-corrected chi connectivity index (χ3v) is 4.18. The minimum Gasteiger partial charge on any atom is -0.276 e. The number of aromatic nitrogens is 1. The van der Waals surface area contributed by atoms with Crippen molar-refractivity contribution in [1.82, 2.24) is 4.98 Å². The maximum Gasteiger partial charge on any atom is 0.263 e. The number of nitrogens with one attached hydrogen (secondary N) is 1. The highest BCUT2D eigenvalue weighted by Gasteiger charge is 2.18. The highest BCUT2D eigenvalue weighted by molar-refractivity contribution is 9.10. The molecule has 0 atom stereocenters. The van der Waals surface area contributed by atoms with Crippen LogP contribution in [0.2, 0.25) is 0 Å². The van der Waals surface area contributed by atoms with Gasteiger partial charge in [-0.2, -0.15) is 0 Å². The fourth-order valence-corrected chi connectivity index (χ4v) is 2.69. The summed E-state index contributed by atoms with van der Waals surface area (Å²) in [6.45, 7) is 0. The van der Waals surface area contributed by atoms with Crippen molar-refractivity contribution >= 4 is 31.6 Å². The summed E-state index contributed by atoms with van der Waals surface area (Å²) in [5.74, 6) is -2.69. The predicted molar refractivity (Wildman–Crippen MR) is 69.1 cm³/mol. The van der Waals surface area contributed by atoms with E-state index in [1.807, 2.05) is 4.72 Å². The lowest BCUT2D eigenvalue weighted by molar-refractivity contribution is 0.587. The van der Waals surface area contributed by atoms with E-state index in [4.69, 9.17) is 0 Å². The Morgan fingerprint density at radius 2 is 1.75 bits per heavy atom. The number of rotatable bonds is 3. The Hall–Kier alpha value is -1.61. The van der Waals surface area contributed by atoms with Crippen molar-refractivity contribution in [2.24, 2.45) is 0 Å². The van der Waals surface area contributed by atoms with Gasteiger partial charge in [0.2, 0.25) is 0 Å². The Morgan fingerprint density at radius 1 is 1.05 bits per heavy atom. The van der Waals surface area contributed by atoms with E-state index in [2.05, 4.69) is 20.9 Å². The lowest BCUT2D eigenvalue weighted by atomic mass is 10.3. The third-order valence-electron chi connectivity index (χ3n) is 2.24. The average Bonchev–Trinajstić information content (AvgIpc) is 2.36. The first-order chi connectivity index (χ1) is 9.29. The van der Waals surface area contributed by atoms with E-state index in [9.17, 15) is 21.6 Å². The van der Waals surface area contributed by atoms with Gasteiger partial charge in [0.05, 0.1) is 16.4 Å². The second-order valence-corrected chi connectivity index (χ2v) is 6.23. The summed E-state index contributed by atoms with van der Waals surface area (Å²) >= 11 is 2.76. The lowest BCUT2D eigenvalue weighted by Crippen LogP contribution is -2.14. The summed E-state index contributed by atoms with van der Waals surface area (Å²) in [6.07, 6.45) is 1.71. The molecule has 0 spiro atoms. The van der Waals surface area contributed by atoms with Gasteiger partial charge in [-0.15, -0.1) is 0 Å². The number of sulfonamides is 1. The monoisotopic (exact) mass is 366 g/mol. The normalized spacial score (nSPS) is 11.4. The van der Waals surface area contributed by atoms with Crippen molar-refractivity contribution in [2.75, 3.05) is 4.72 Å². The van der Waals surface area contributed by atoms with Crippen LogP contribution in [0.1, 0.15) is 0 Å². The van der Waals surface area contributed by atoms with E-state index in [0.29, 0.717) is 12.1 Å². The number of anilines is 1. The van der Waals surface area contributed by atoms with Gasteiger partial charge in [0.1, 0.15) is 22.3 Å². The molecule has 1 N–H and O–H groups in total. The van der Waals surface area contributed by atoms with Crippen LogP contribution in [0.4, 0.5) is 18.9 Å². The molecule has 0 saturated heterocycles. The number of halogens is 4. The topological polar surface area (TPSA) is 59.1 Å². The molecule has 0 radical (unpaired) electrons. The van der Waals surface area contributed by atoms with Crippen molar-refractivity contribution in [1.29, 1.82) is 0 Å². The Kier molecular flexibility index (Phi) is 4.00. The molecule has 0 amide bonds. The van der Waals surface area contributed by atoms with E-state index in [1.54, 1.807) is 0 Å². The minimum atomic E-state index is -4.26. The van der Waals surface area contributed by atoms with Crippen molar-refractivity contribution in [3.63, 3.8) is 0 Å². The third kappa shape index (κ3) is 3.10. The number of hydrogen-bond donors (Lipinski definition) is 1. The SMILES string of the molecule is O=S(=O)(Nc1cc(F)c(Br)cc1F)c1cncc(F)c1. The first kappa shape index (κ1) is 14.8. The van der Waals surface area contributed by atoms with Gasteiger partial charge >= 0.3 is 0 Å². The lowest BCUT2D eigenvalue weighted by Gasteiger charge is -2.09. The molecule has 0 bridgehead atoms. The van der Waals surface area contributed by atoms with E-state index in [0.717, 1.165) is 18.5 Å². The molecule has 0 fully saturated rings. The van der Waals surface area contributed by atoms with Crippen molar-refractivity contribution in [2.45, 2.75) is 4.90 Å². The molecular weight excluding hydrogens is 361 g/mol. The standard InChI is InChI=1S/C11H6BrF3N2O2S/c12-8-2-10(15)11(3-9(8)14)17-20(18,19)7-1-6(13)4-16-5-7/h1-5,17H. The van der Waals surface area contributed by atoms with Crippen LogP contribution < -0.4 is 4.72 Å². The second-order valence-electron chi connectivity index (χ2n) is 3.69. The quantitative estimate of drug-likeness (QED) is 0.849. The number of benzene rings is 1. The van der Waals surface area contributed by atoms with E-state index in [1.165, 1.54) is 0 Å². The summed E-state index contributed by atoms with van der Waals surface area (Å²) in [4.78, 5) is 2.88. The largest absolute Gasteiger partial charge is 0.276 e. The van der Waals surface area contributed by atoms with Crippen LogP contribution in [0.5, 0.6) is 0 Å². The molecule has 9 heteroatoms. The molecule has 2 rings (SSSR count). The van der Waals surface area contributed by atoms with Crippen LogP contribution in [-0.2, 0) is 10.0 Å². The summed E-state index contributed by atoms with van der Waals surface area (Å²) in [6, 6.07) is 2.16. The van der Waals surface area contributed by atoms with Crippen LogP contribution in [-0.4, -0.2) is 13.4 Å². The van der Waals surface area contributed by atoms with Gasteiger partial charge in [-0.3, -0.25) is 9.71 Å². The molecule has 4 nitrogen and oxygen atoms in total. The molecule has 106 valence electrons. The van der Waals surface area contributed by atoms with Gasteiger partial charge in [-0.1, -0.05) is 0 Å². The van der Waals surface area contributed by atoms with E-state index >= 15 is 0 Å². The van der Waals surface area contributed by atoms with Crippen LogP contribution in [0, 0.1) is 17.5 Å². The first-order valence-corrected chi connectivity index (χ1v) is 7.35. The summed E-state index contributed by atoms with van der Waals surface area (Å²) in [7, 11) is -4.26. The minimum absolute atomic E-state index is 0.148. The molecule has 1 heterocycles. The number of nitrogens with zero attached hydrogens (tertiary/aromatic N) is 1. The van der Waals surface area contributed by atoms with Crippen molar-refractivity contribution in [3.8, 4) is 0 Å². The smallest absolute Gasteiger partial charge is 0.263 e. The zero-order valence-electron chi connectivity index (χ0n) is 9.57. The van der Waals surface area contributed by atoms with E-state index in [-0.39, 0.29) is 4.47 Å². The van der Waals surface area contributed by atoms with Crippen LogP contribution >= 0.6 is 15.9 Å². The van der Waals surface area contributed by atoms with E-state index < -0.39 is 38.1 Å². The van der Waals surface area contributed by atoms with Gasteiger partial charge in [-0.05, 0) is 28.1 Å². The Morgan fingerprint density at radius 3 is 2.40 bits per heavy atom. The molecule has 0 aliphatic carbocycles. The zero-order valence-corrected chi connectivity index (χ0v) is 12.0. The maximum absolute atomic E-state index is 13.5. The molecule has 1 aromatic carbocycles. The highest BCUT2D eigenvalue weighted by atomic mass is 79.9. The summed E-state index contributed by atoms with van der Waals surface area (Å²) in [5.41, 5.74) is -0.588. The van der Waals surface area contributed by atoms with Gasteiger partial charge in [0, 0.05) is 12.3 Å².